The molecule has 7 nitrogen and oxygen atoms in total. The zero-order valence-corrected chi connectivity index (χ0v) is 21.3. The van der Waals surface area contributed by atoms with Gasteiger partial charge in [-0.3, -0.25) is 4.79 Å². The highest BCUT2D eigenvalue weighted by Gasteiger charge is 2.48. The first kappa shape index (κ1) is 27.0. The lowest BCUT2D eigenvalue weighted by molar-refractivity contribution is -0.288. The van der Waals surface area contributed by atoms with E-state index < -0.39 is 30.6 Å². The van der Waals surface area contributed by atoms with E-state index in [2.05, 4.69) is 5.32 Å². The molecule has 0 aromatic heterocycles. The monoisotopic (exact) mass is 505 g/mol. The van der Waals surface area contributed by atoms with Crippen LogP contribution in [-0.4, -0.2) is 50.3 Å². The summed E-state index contributed by atoms with van der Waals surface area (Å²) in [7, 11) is 1.62. The van der Waals surface area contributed by atoms with Gasteiger partial charge in [0, 0.05) is 14.0 Å². The third kappa shape index (κ3) is 7.95. The molecule has 1 heterocycles. The fourth-order valence-electron chi connectivity index (χ4n) is 4.44. The number of carbonyl (C=O) groups excluding carboxylic acids is 1. The van der Waals surface area contributed by atoms with Gasteiger partial charge in [-0.2, -0.15) is 0 Å². The molecule has 3 aromatic rings. The Kier molecular flexibility index (Phi) is 10.2. The summed E-state index contributed by atoms with van der Waals surface area (Å²) in [6.45, 7) is 2.86. The van der Waals surface area contributed by atoms with E-state index in [-0.39, 0.29) is 12.5 Å². The lowest BCUT2D eigenvalue weighted by Crippen LogP contribution is -2.65. The maximum Gasteiger partial charge on any atom is 0.217 e. The maximum atomic E-state index is 12.2. The molecule has 1 saturated heterocycles. The molecular formula is C30H35NO6. The molecule has 0 radical (unpaired) electrons. The van der Waals surface area contributed by atoms with Crippen molar-refractivity contribution in [3.05, 3.63) is 108 Å². The van der Waals surface area contributed by atoms with E-state index in [4.69, 9.17) is 23.7 Å². The first-order valence-corrected chi connectivity index (χ1v) is 12.5. The number of nitrogens with one attached hydrogen (secondary N) is 1. The normalized spacial score (nSPS) is 23.5. The average Bonchev–Trinajstić information content (AvgIpc) is 2.93. The highest BCUT2D eigenvalue weighted by Crippen LogP contribution is 2.28. The predicted octanol–water partition coefficient (Wildman–Crippen LogP) is 4.25. The number of methoxy groups -OCH3 is 1. The molecular weight excluding hydrogens is 470 g/mol. The molecule has 4 rings (SSSR count). The Morgan fingerprint density at radius 3 is 1.78 bits per heavy atom. The summed E-state index contributed by atoms with van der Waals surface area (Å²) in [4.78, 5) is 12.2. The van der Waals surface area contributed by atoms with Crippen LogP contribution in [0.1, 0.15) is 23.6 Å². The molecule has 37 heavy (non-hydrogen) atoms. The van der Waals surface area contributed by atoms with Crippen LogP contribution >= 0.6 is 0 Å². The van der Waals surface area contributed by atoms with E-state index in [1.165, 1.54) is 6.92 Å². The highest BCUT2D eigenvalue weighted by molar-refractivity contribution is 5.73. The average molecular weight is 506 g/mol. The van der Waals surface area contributed by atoms with E-state index in [1.54, 1.807) is 7.11 Å². The van der Waals surface area contributed by atoms with E-state index in [9.17, 15) is 4.79 Å². The minimum atomic E-state index is -0.762. The van der Waals surface area contributed by atoms with Gasteiger partial charge in [0.1, 0.15) is 24.4 Å². The van der Waals surface area contributed by atoms with Gasteiger partial charge in [0.05, 0.1) is 26.4 Å². The van der Waals surface area contributed by atoms with Crippen LogP contribution < -0.4 is 5.32 Å². The Bertz CT molecular complexity index is 1070. The van der Waals surface area contributed by atoms with Crippen molar-refractivity contribution in [2.24, 2.45) is 0 Å². The summed E-state index contributed by atoms with van der Waals surface area (Å²) in [5, 5.41) is 2.99. The van der Waals surface area contributed by atoms with Crippen molar-refractivity contribution < 1.29 is 28.5 Å². The molecule has 0 aliphatic carbocycles. The number of carbonyl (C=O) groups is 1. The van der Waals surface area contributed by atoms with E-state index >= 15 is 0 Å². The number of hydrogen-bond donors (Lipinski definition) is 1. The topological polar surface area (TPSA) is 75.3 Å². The quantitative estimate of drug-likeness (QED) is 0.397. The van der Waals surface area contributed by atoms with Gasteiger partial charge in [0.25, 0.3) is 0 Å². The van der Waals surface area contributed by atoms with Crippen LogP contribution in [0, 0.1) is 0 Å². The number of benzene rings is 3. The minimum Gasteiger partial charge on any atom is -0.376 e. The number of rotatable bonds is 12. The van der Waals surface area contributed by atoms with Crippen LogP contribution in [0.3, 0.4) is 0 Å². The molecule has 5 atom stereocenters. The maximum absolute atomic E-state index is 12.2. The molecule has 1 N–H and O–H groups in total. The van der Waals surface area contributed by atoms with Gasteiger partial charge >= 0.3 is 0 Å². The van der Waals surface area contributed by atoms with Crippen molar-refractivity contribution in [2.75, 3.05) is 13.7 Å². The number of hydrogen-bond acceptors (Lipinski definition) is 6. The largest absolute Gasteiger partial charge is 0.376 e. The van der Waals surface area contributed by atoms with Crippen LogP contribution in [0.25, 0.3) is 0 Å². The highest BCUT2D eigenvalue weighted by atomic mass is 16.7. The Labute approximate surface area is 218 Å². The van der Waals surface area contributed by atoms with Crippen molar-refractivity contribution >= 4 is 5.91 Å². The Morgan fingerprint density at radius 2 is 1.27 bits per heavy atom. The minimum absolute atomic E-state index is 0.205. The van der Waals surface area contributed by atoms with Crippen LogP contribution in [-0.2, 0) is 48.3 Å². The molecule has 3 aromatic carbocycles. The molecule has 1 amide bonds. The Morgan fingerprint density at radius 1 is 0.757 bits per heavy atom. The molecule has 196 valence electrons. The summed E-state index contributed by atoms with van der Waals surface area (Å²) in [5.41, 5.74) is 3.08. The Hall–Kier alpha value is -3.07. The van der Waals surface area contributed by atoms with Crippen LogP contribution in [0.5, 0.6) is 0 Å². The van der Waals surface area contributed by atoms with Crippen molar-refractivity contribution in [1.82, 2.24) is 5.32 Å². The van der Waals surface area contributed by atoms with Crippen molar-refractivity contribution in [2.45, 2.75) is 57.4 Å². The van der Waals surface area contributed by atoms with E-state index in [1.807, 2.05) is 91.0 Å². The Balaban J connectivity index is 1.53. The summed E-state index contributed by atoms with van der Waals surface area (Å²) < 4.78 is 30.9. The lowest BCUT2D eigenvalue weighted by atomic mass is 9.96. The number of amides is 1. The zero-order valence-electron chi connectivity index (χ0n) is 21.3. The van der Waals surface area contributed by atoms with E-state index in [0.717, 1.165) is 16.7 Å². The third-order valence-electron chi connectivity index (χ3n) is 6.22. The van der Waals surface area contributed by atoms with Crippen molar-refractivity contribution in [3.63, 3.8) is 0 Å². The van der Waals surface area contributed by atoms with Crippen LogP contribution in [0.4, 0.5) is 0 Å². The fraction of sp³-hybridized carbons (Fsp3) is 0.367. The standard InChI is InChI=1S/C30H35NO6/c1-22(32)31-27-29(35-19-24-14-8-4-9-15-24)28(33-2)26(21-34-18-23-12-6-3-7-13-23)37-30(27)36-20-25-16-10-5-11-17-25/h3-17,26-30H,18-21H2,1-2H3,(H,31,32)/t26-,27+,28-,29-,30+/m1/s1. The summed E-state index contributed by atoms with van der Waals surface area (Å²) in [6, 6.07) is 29.1. The molecule has 0 spiro atoms. The second kappa shape index (κ2) is 14.0. The molecule has 7 heteroatoms. The second-order valence-corrected chi connectivity index (χ2v) is 9.03. The smallest absolute Gasteiger partial charge is 0.217 e. The molecule has 0 saturated carbocycles. The SMILES string of the molecule is CO[C@H]1[C@H](OCc2ccccc2)[C@H](NC(C)=O)[C@@H](OCc2ccccc2)O[C@@H]1COCc1ccccc1. The first-order chi connectivity index (χ1) is 18.1. The lowest BCUT2D eigenvalue weighted by Gasteiger charge is -2.45. The number of ether oxygens (including phenoxy) is 5. The van der Waals surface area contributed by atoms with Gasteiger partial charge in [-0.1, -0.05) is 91.0 Å². The van der Waals surface area contributed by atoms with Gasteiger partial charge in [-0.15, -0.1) is 0 Å². The molecule has 1 fully saturated rings. The van der Waals surface area contributed by atoms with Gasteiger partial charge in [0.15, 0.2) is 6.29 Å². The molecule has 1 aliphatic rings. The van der Waals surface area contributed by atoms with Gasteiger partial charge in [-0.25, -0.2) is 0 Å². The second-order valence-electron chi connectivity index (χ2n) is 9.03. The van der Waals surface area contributed by atoms with Gasteiger partial charge < -0.3 is 29.0 Å². The summed E-state index contributed by atoms with van der Waals surface area (Å²) >= 11 is 0. The summed E-state index contributed by atoms with van der Waals surface area (Å²) in [5.74, 6) is -0.205. The zero-order chi connectivity index (χ0) is 25.9. The molecule has 0 bridgehead atoms. The third-order valence-corrected chi connectivity index (χ3v) is 6.22. The summed E-state index contributed by atoms with van der Waals surface area (Å²) in [6.07, 6.45) is -2.26. The van der Waals surface area contributed by atoms with Crippen molar-refractivity contribution in [1.29, 1.82) is 0 Å². The first-order valence-electron chi connectivity index (χ1n) is 12.5. The fourth-order valence-corrected chi connectivity index (χ4v) is 4.44. The van der Waals surface area contributed by atoms with Gasteiger partial charge in [0.2, 0.25) is 5.91 Å². The van der Waals surface area contributed by atoms with Crippen LogP contribution in [0.15, 0.2) is 91.0 Å². The predicted molar refractivity (Wildman–Crippen MR) is 139 cm³/mol. The van der Waals surface area contributed by atoms with Gasteiger partial charge in [-0.05, 0) is 16.7 Å². The van der Waals surface area contributed by atoms with Crippen LogP contribution in [0.2, 0.25) is 0 Å². The van der Waals surface area contributed by atoms with E-state index in [0.29, 0.717) is 19.8 Å². The van der Waals surface area contributed by atoms with Crippen molar-refractivity contribution in [3.8, 4) is 0 Å². The molecule has 1 aliphatic heterocycles. The molecule has 0 unspecified atom stereocenters.